The maximum absolute atomic E-state index is 11.9. The molecule has 0 saturated carbocycles. The van der Waals surface area contributed by atoms with Crippen LogP contribution in [0.2, 0.25) is 5.02 Å². The zero-order valence-electron chi connectivity index (χ0n) is 10.9. The number of hydrogen-bond acceptors (Lipinski definition) is 3. The average molecular weight is 315 g/mol. The smallest absolute Gasteiger partial charge is 0.250 e. The minimum absolute atomic E-state index is 0.205. The predicted octanol–water partition coefficient (Wildman–Crippen LogP) is 4.60. The van der Waals surface area contributed by atoms with E-state index in [1.165, 1.54) is 17.4 Å². The van der Waals surface area contributed by atoms with Crippen molar-refractivity contribution in [3.05, 3.63) is 65.2 Å². The molecule has 0 aliphatic heterocycles. The first-order chi connectivity index (χ1) is 10.2. The van der Waals surface area contributed by atoms with Crippen molar-refractivity contribution in [2.45, 2.75) is 0 Å². The maximum atomic E-state index is 11.9. The molecule has 1 heterocycles. The van der Waals surface area contributed by atoms with E-state index in [1.807, 2.05) is 42.5 Å². The molecule has 5 heteroatoms. The number of nitrogens with one attached hydrogen (secondary N) is 1. The number of anilines is 1. The number of rotatable bonds is 3. The summed E-state index contributed by atoms with van der Waals surface area (Å²) in [6.07, 6.45) is 3.26. The van der Waals surface area contributed by atoms with Gasteiger partial charge in [0.15, 0.2) is 5.13 Å². The molecule has 2 aromatic carbocycles. The second-order valence-electron chi connectivity index (χ2n) is 4.36. The number of fused-ring (bicyclic) bond motifs is 1. The van der Waals surface area contributed by atoms with Crippen LogP contribution in [0.5, 0.6) is 0 Å². The van der Waals surface area contributed by atoms with Crippen molar-refractivity contribution in [2.75, 3.05) is 5.32 Å². The van der Waals surface area contributed by atoms with E-state index in [0.717, 1.165) is 15.8 Å². The third-order valence-electron chi connectivity index (χ3n) is 2.81. The molecule has 0 fully saturated rings. The minimum atomic E-state index is -0.205. The topological polar surface area (TPSA) is 42.0 Å². The zero-order valence-corrected chi connectivity index (χ0v) is 12.5. The first kappa shape index (κ1) is 13.8. The third-order valence-corrected chi connectivity index (χ3v) is 3.99. The van der Waals surface area contributed by atoms with Crippen molar-refractivity contribution in [3.8, 4) is 0 Å². The van der Waals surface area contributed by atoms with Gasteiger partial charge < -0.3 is 0 Å². The number of hydrogen-bond donors (Lipinski definition) is 1. The fourth-order valence-corrected chi connectivity index (χ4v) is 2.85. The van der Waals surface area contributed by atoms with Crippen LogP contribution >= 0.6 is 22.9 Å². The molecule has 0 atom stereocenters. The SMILES string of the molecule is O=C(/C=C/c1ccccc1)Nc1nc2cc(Cl)ccc2s1. The molecule has 0 aliphatic carbocycles. The lowest BCUT2D eigenvalue weighted by Gasteiger charge is -1.95. The standard InChI is InChI=1S/C16H11ClN2OS/c17-12-7-8-14-13(10-12)18-16(21-14)19-15(20)9-6-11-4-2-1-3-5-11/h1-10H,(H,18,19,20)/b9-6+. The molecule has 0 spiro atoms. The largest absolute Gasteiger partial charge is 0.298 e. The summed E-state index contributed by atoms with van der Waals surface area (Å²) in [5.74, 6) is -0.205. The molecule has 0 bridgehead atoms. The van der Waals surface area contributed by atoms with Crippen molar-refractivity contribution >= 4 is 50.3 Å². The van der Waals surface area contributed by atoms with E-state index < -0.39 is 0 Å². The highest BCUT2D eigenvalue weighted by molar-refractivity contribution is 7.22. The quantitative estimate of drug-likeness (QED) is 0.718. The van der Waals surface area contributed by atoms with Gasteiger partial charge in [-0.05, 0) is 29.8 Å². The molecule has 21 heavy (non-hydrogen) atoms. The summed E-state index contributed by atoms with van der Waals surface area (Å²) in [4.78, 5) is 16.2. The average Bonchev–Trinajstić information content (AvgIpc) is 2.87. The molecule has 1 aromatic heterocycles. The van der Waals surface area contributed by atoms with Gasteiger partial charge in [-0.15, -0.1) is 0 Å². The van der Waals surface area contributed by atoms with Crippen LogP contribution in [0.4, 0.5) is 5.13 Å². The fraction of sp³-hybridized carbons (Fsp3) is 0. The number of thiazole rings is 1. The lowest BCUT2D eigenvalue weighted by Crippen LogP contribution is -2.07. The van der Waals surface area contributed by atoms with E-state index in [4.69, 9.17) is 11.6 Å². The van der Waals surface area contributed by atoms with Crippen molar-refractivity contribution < 1.29 is 4.79 Å². The van der Waals surface area contributed by atoms with Crippen LogP contribution < -0.4 is 5.32 Å². The predicted molar refractivity (Wildman–Crippen MR) is 88.7 cm³/mol. The lowest BCUT2D eigenvalue weighted by molar-refractivity contribution is -0.111. The summed E-state index contributed by atoms with van der Waals surface area (Å²) in [6.45, 7) is 0. The van der Waals surface area contributed by atoms with E-state index >= 15 is 0 Å². The van der Waals surface area contributed by atoms with E-state index in [2.05, 4.69) is 10.3 Å². The van der Waals surface area contributed by atoms with E-state index in [-0.39, 0.29) is 5.91 Å². The summed E-state index contributed by atoms with van der Waals surface area (Å²) in [5.41, 5.74) is 1.76. The fourth-order valence-electron chi connectivity index (χ4n) is 1.84. The van der Waals surface area contributed by atoms with Crippen molar-refractivity contribution in [3.63, 3.8) is 0 Å². The van der Waals surface area contributed by atoms with Crippen molar-refractivity contribution in [2.24, 2.45) is 0 Å². The third kappa shape index (κ3) is 3.48. The highest BCUT2D eigenvalue weighted by atomic mass is 35.5. The van der Waals surface area contributed by atoms with E-state index in [9.17, 15) is 4.79 Å². The normalized spacial score (nSPS) is 11.1. The van der Waals surface area contributed by atoms with Crippen molar-refractivity contribution in [1.82, 2.24) is 4.98 Å². The number of benzene rings is 2. The molecule has 1 amide bonds. The second kappa shape index (κ2) is 6.08. The zero-order chi connectivity index (χ0) is 14.7. The van der Waals surface area contributed by atoms with Crippen LogP contribution in [0.25, 0.3) is 16.3 Å². The molecule has 3 rings (SSSR count). The van der Waals surface area contributed by atoms with Crippen LogP contribution in [0.1, 0.15) is 5.56 Å². The molecular weight excluding hydrogens is 304 g/mol. The molecular formula is C16H11ClN2OS. The van der Waals surface area contributed by atoms with Crippen LogP contribution in [0.15, 0.2) is 54.6 Å². The van der Waals surface area contributed by atoms with E-state index in [0.29, 0.717) is 10.2 Å². The maximum Gasteiger partial charge on any atom is 0.250 e. The Hall–Kier alpha value is -2.17. The highest BCUT2D eigenvalue weighted by Crippen LogP contribution is 2.27. The van der Waals surface area contributed by atoms with Gasteiger partial charge in [-0.2, -0.15) is 0 Å². The van der Waals surface area contributed by atoms with Gasteiger partial charge in [0.25, 0.3) is 0 Å². The Morgan fingerprint density at radius 1 is 1.19 bits per heavy atom. The number of carbonyl (C=O) groups is 1. The number of halogens is 1. The number of amides is 1. The summed E-state index contributed by atoms with van der Waals surface area (Å²) in [7, 11) is 0. The summed E-state index contributed by atoms with van der Waals surface area (Å²) in [6, 6.07) is 15.1. The first-order valence-corrected chi connectivity index (χ1v) is 7.50. The van der Waals surface area contributed by atoms with Gasteiger partial charge in [0.05, 0.1) is 10.2 Å². The summed E-state index contributed by atoms with van der Waals surface area (Å²) < 4.78 is 0.988. The molecule has 0 aliphatic rings. The molecule has 104 valence electrons. The van der Waals surface area contributed by atoms with Crippen LogP contribution in [-0.4, -0.2) is 10.9 Å². The number of nitrogens with zero attached hydrogens (tertiary/aromatic N) is 1. The van der Waals surface area contributed by atoms with Gasteiger partial charge in [-0.1, -0.05) is 53.3 Å². The Morgan fingerprint density at radius 2 is 2.00 bits per heavy atom. The lowest BCUT2D eigenvalue weighted by atomic mass is 10.2. The number of aromatic nitrogens is 1. The molecule has 3 nitrogen and oxygen atoms in total. The number of carbonyl (C=O) groups excluding carboxylic acids is 1. The minimum Gasteiger partial charge on any atom is -0.298 e. The van der Waals surface area contributed by atoms with Gasteiger partial charge in [-0.3, -0.25) is 10.1 Å². The van der Waals surface area contributed by atoms with Gasteiger partial charge >= 0.3 is 0 Å². The Balaban J connectivity index is 1.73. The van der Waals surface area contributed by atoms with Gasteiger partial charge in [0.2, 0.25) is 5.91 Å². The van der Waals surface area contributed by atoms with Gasteiger partial charge in [0, 0.05) is 11.1 Å². The second-order valence-corrected chi connectivity index (χ2v) is 5.83. The monoisotopic (exact) mass is 314 g/mol. The summed E-state index contributed by atoms with van der Waals surface area (Å²) in [5, 5.41) is 3.96. The summed E-state index contributed by atoms with van der Waals surface area (Å²) >= 11 is 7.34. The highest BCUT2D eigenvalue weighted by Gasteiger charge is 2.06. The molecule has 0 unspecified atom stereocenters. The van der Waals surface area contributed by atoms with Gasteiger partial charge in [0.1, 0.15) is 0 Å². The van der Waals surface area contributed by atoms with Gasteiger partial charge in [-0.25, -0.2) is 4.98 Å². The Kier molecular flexibility index (Phi) is 3.99. The molecule has 0 saturated heterocycles. The van der Waals surface area contributed by atoms with Crippen LogP contribution in [-0.2, 0) is 4.79 Å². The molecule has 0 radical (unpaired) electrons. The first-order valence-electron chi connectivity index (χ1n) is 6.31. The molecule has 3 aromatic rings. The molecule has 1 N–H and O–H groups in total. The van der Waals surface area contributed by atoms with Crippen molar-refractivity contribution in [1.29, 1.82) is 0 Å². The Bertz CT molecular complexity index is 812. The van der Waals surface area contributed by atoms with E-state index in [1.54, 1.807) is 12.1 Å². The Morgan fingerprint density at radius 3 is 2.81 bits per heavy atom. The van der Waals surface area contributed by atoms with Crippen LogP contribution in [0.3, 0.4) is 0 Å². The van der Waals surface area contributed by atoms with Crippen LogP contribution in [0, 0.1) is 0 Å². The Labute approximate surface area is 130 Å².